The lowest BCUT2D eigenvalue weighted by Gasteiger charge is -2.10. The van der Waals surface area contributed by atoms with Crippen LogP contribution in [0, 0.1) is 0 Å². The summed E-state index contributed by atoms with van der Waals surface area (Å²) < 4.78 is 10.7. The van der Waals surface area contributed by atoms with E-state index in [2.05, 4.69) is 48.5 Å². The van der Waals surface area contributed by atoms with Gasteiger partial charge in [0.1, 0.15) is 11.5 Å². The van der Waals surface area contributed by atoms with Gasteiger partial charge in [0.2, 0.25) is 0 Å². The number of hydrogen-bond donors (Lipinski definition) is 0. The third kappa shape index (κ3) is 2.91. The second-order valence-corrected chi connectivity index (χ2v) is 5.32. The van der Waals surface area contributed by atoms with Gasteiger partial charge in [-0.2, -0.15) is 0 Å². The monoisotopic (exact) mass is 292 g/mol. The van der Waals surface area contributed by atoms with Crippen LogP contribution in [0.1, 0.15) is 11.1 Å². The molecule has 0 atom stereocenters. The molecule has 0 N–H and O–H groups in total. The van der Waals surface area contributed by atoms with Gasteiger partial charge in [0, 0.05) is 5.39 Å². The lowest BCUT2D eigenvalue weighted by Crippen LogP contribution is -1.94. The van der Waals surface area contributed by atoms with Crippen molar-refractivity contribution >= 4 is 10.8 Å². The molecule has 2 nitrogen and oxygen atoms in total. The largest absolute Gasteiger partial charge is 0.497 e. The van der Waals surface area contributed by atoms with Crippen LogP contribution >= 0.6 is 0 Å². The summed E-state index contributed by atoms with van der Waals surface area (Å²) in [5, 5.41) is 2.45. The molecule has 0 saturated carbocycles. The topological polar surface area (TPSA) is 18.5 Å². The van der Waals surface area contributed by atoms with Crippen LogP contribution in [-0.4, -0.2) is 14.2 Å². The molecular weight excluding hydrogens is 272 g/mol. The van der Waals surface area contributed by atoms with Crippen molar-refractivity contribution in [1.82, 2.24) is 0 Å². The molecule has 2 heteroatoms. The van der Waals surface area contributed by atoms with Crippen molar-refractivity contribution in [3.05, 3.63) is 71.8 Å². The molecule has 22 heavy (non-hydrogen) atoms. The third-order valence-corrected chi connectivity index (χ3v) is 4.04. The maximum atomic E-state index is 5.46. The van der Waals surface area contributed by atoms with Crippen LogP contribution in [-0.2, 0) is 12.8 Å². The fourth-order valence-corrected chi connectivity index (χ4v) is 2.80. The van der Waals surface area contributed by atoms with Gasteiger partial charge in [0.25, 0.3) is 0 Å². The number of hydrogen-bond acceptors (Lipinski definition) is 2. The van der Waals surface area contributed by atoms with Gasteiger partial charge in [-0.25, -0.2) is 0 Å². The van der Waals surface area contributed by atoms with Gasteiger partial charge in [0.05, 0.1) is 14.2 Å². The number of rotatable bonds is 5. The third-order valence-electron chi connectivity index (χ3n) is 4.04. The highest BCUT2D eigenvalue weighted by Crippen LogP contribution is 2.29. The quantitative estimate of drug-likeness (QED) is 0.682. The van der Waals surface area contributed by atoms with Crippen molar-refractivity contribution in [3.8, 4) is 11.5 Å². The molecular formula is C20H20O2. The summed E-state index contributed by atoms with van der Waals surface area (Å²) >= 11 is 0. The molecule has 0 bridgehead atoms. The van der Waals surface area contributed by atoms with E-state index in [1.807, 2.05) is 12.1 Å². The van der Waals surface area contributed by atoms with Gasteiger partial charge in [0.15, 0.2) is 0 Å². The van der Waals surface area contributed by atoms with Crippen LogP contribution in [0.3, 0.4) is 0 Å². The first-order valence-electron chi connectivity index (χ1n) is 7.49. The van der Waals surface area contributed by atoms with Crippen LogP contribution in [0.5, 0.6) is 11.5 Å². The van der Waals surface area contributed by atoms with E-state index in [-0.39, 0.29) is 0 Å². The van der Waals surface area contributed by atoms with Crippen LogP contribution < -0.4 is 9.47 Å². The molecule has 0 aliphatic heterocycles. The average molecular weight is 292 g/mol. The Kier molecular flexibility index (Phi) is 4.29. The Bertz CT molecular complexity index is 760. The zero-order valence-electron chi connectivity index (χ0n) is 13.0. The van der Waals surface area contributed by atoms with Crippen molar-refractivity contribution < 1.29 is 9.47 Å². The van der Waals surface area contributed by atoms with Crippen LogP contribution in [0.15, 0.2) is 60.7 Å². The summed E-state index contributed by atoms with van der Waals surface area (Å²) in [6.07, 6.45) is 2.02. The number of aryl methyl sites for hydroxylation is 2. The molecule has 3 rings (SSSR count). The molecule has 3 aromatic carbocycles. The lowest BCUT2D eigenvalue weighted by atomic mass is 9.98. The first-order valence-corrected chi connectivity index (χ1v) is 7.49. The molecule has 0 aliphatic carbocycles. The molecule has 0 spiro atoms. The van der Waals surface area contributed by atoms with Crippen molar-refractivity contribution in [2.24, 2.45) is 0 Å². The Morgan fingerprint density at radius 2 is 1.41 bits per heavy atom. The molecule has 0 fully saturated rings. The SMILES string of the molecule is COc1ccc(CCc2ccc(OC)c3ccccc23)cc1. The van der Waals surface area contributed by atoms with E-state index in [1.165, 1.54) is 21.9 Å². The van der Waals surface area contributed by atoms with E-state index in [0.717, 1.165) is 24.3 Å². The van der Waals surface area contributed by atoms with Gasteiger partial charge in [-0.15, -0.1) is 0 Å². The average Bonchev–Trinajstić information content (AvgIpc) is 2.60. The number of ether oxygens (including phenoxy) is 2. The van der Waals surface area contributed by atoms with Gasteiger partial charge in [-0.3, -0.25) is 0 Å². The van der Waals surface area contributed by atoms with Crippen molar-refractivity contribution in [2.45, 2.75) is 12.8 Å². The second kappa shape index (κ2) is 6.52. The lowest BCUT2D eigenvalue weighted by molar-refractivity contribution is 0.414. The highest BCUT2D eigenvalue weighted by Gasteiger charge is 2.06. The van der Waals surface area contributed by atoms with E-state index >= 15 is 0 Å². The zero-order valence-corrected chi connectivity index (χ0v) is 13.0. The maximum Gasteiger partial charge on any atom is 0.126 e. The molecule has 0 radical (unpaired) electrons. The molecule has 0 saturated heterocycles. The standard InChI is InChI=1S/C20H20O2/c1-21-17-12-8-15(9-13-17)7-10-16-11-14-20(22-2)19-6-4-3-5-18(16)19/h3-6,8-9,11-14H,7,10H2,1-2H3. The second-order valence-electron chi connectivity index (χ2n) is 5.32. The van der Waals surface area contributed by atoms with Gasteiger partial charge in [-0.05, 0) is 47.6 Å². The van der Waals surface area contributed by atoms with E-state index in [4.69, 9.17) is 9.47 Å². The number of fused-ring (bicyclic) bond motifs is 1. The smallest absolute Gasteiger partial charge is 0.126 e. The predicted molar refractivity (Wildman–Crippen MR) is 90.9 cm³/mol. The first kappa shape index (κ1) is 14.5. The minimum atomic E-state index is 0.902. The molecule has 0 aromatic heterocycles. The Balaban J connectivity index is 1.84. The predicted octanol–water partition coefficient (Wildman–Crippen LogP) is 4.64. The summed E-state index contributed by atoms with van der Waals surface area (Å²) in [6, 6.07) is 20.9. The number of methoxy groups -OCH3 is 2. The Labute approximate surface area is 131 Å². The van der Waals surface area contributed by atoms with Crippen LogP contribution in [0.4, 0.5) is 0 Å². The molecule has 0 unspecified atom stereocenters. The normalized spacial score (nSPS) is 10.6. The minimum Gasteiger partial charge on any atom is -0.497 e. The van der Waals surface area contributed by atoms with Crippen molar-refractivity contribution in [3.63, 3.8) is 0 Å². The minimum absolute atomic E-state index is 0.902. The van der Waals surface area contributed by atoms with Crippen LogP contribution in [0.2, 0.25) is 0 Å². The molecule has 0 amide bonds. The van der Waals surface area contributed by atoms with Crippen molar-refractivity contribution in [2.75, 3.05) is 14.2 Å². The first-order chi connectivity index (χ1) is 10.8. The molecule has 112 valence electrons. The van der Waals surface area contributed by atoms with Gasteiger partial charge in [-0.1, -0.05) is 42.5 Å². The van der Waals surface area contributed by atoms with E-state index in [0.29, 0.717) is 0 Å². The summed E-state index contributed by atoms with van der Waals surface area (Å²) in [6.45, 7) is 0. The summed E-state index contributed by atoms with van der Waals surface area (Å²) in [4.78, 5) is 0. The Morgan fingerprint density at radius 1 is 0.682 bits per heavy atom. The van der Waals surface area contributed by atoms with E-state index in [1.54, 1.807) is 14.2 Å². The highest BCUT2D eigenvalue weighted by atomic mass is 16.5. The van der Waals surface area contributed by atoms with Gasteiger partial charge >= 0.3 is 0 Å². The summed E-state index contributed by atoms with van der Waals surface area (Å²) in [5.41, 5.74) is 2.67. The van der Waals surface area contributed by atoms with Gasteiger partial charge < -0.3 is 9.47 Å². The number of benzene rings is 3. The molecule has 3 aromatic rings. The summed E-state index contributed by atoms with van der Waals surface area (Å²) in [5.74, 6) is 1.84. The van der Waals surface area contributed by atoms with E-state index in [9.17, 15) is 0 Å². The highest BCUT2D eigenvalue weighted by molar-refractivity contribution is 5.91. The Hall–Kier alpha value is -2.48. The Morgan fingerprint density at radius 3 is 2.09 bits per heavy atom. The fourth-order valence-electron chi connectivity index (χ4n) is 2.80. The zero-order chi connectivity index (χ0) is 15.4. The molecule has 0 heterocycles. The van der Waals surface area contributed by atoms with Crippen molar-refractivity contribution in [1.29, 1.82) is 0 Å². The molecule has 0 aliphatic rings. The van der Waals surface area contributed by atoms with Crippen LogP contribution in [0.25, 0.3) is 10.8 Å². The fraction of sp³-hybridized carbons (Fsp3) is 0.200. The maximum absolute atomic E-state index is 5.46. The van der Waals surface area contributed by atoms with E-state index < -0.39 is 0 Å². The summed E-state index contributed by atoms with van der Waals surface area (Å²) in [7, 11) is 3.41.